The fourth-order valence-corrected chi connectivity index (χ4v) is 2.75. The Hall–Kier alpha value is -1.40. The molecule has 0 aliphatic carbocycles. The molecule has 2 heterocycles. The Balaban J connectivity index is 1.54. The first kappa shape index (κ1) is 16.5. The van der Waals surface area contributed by atoms with Crippen molar-refractivity contribution in [3.8, 4) is 11.4 Å². The van der Waals surface area contributed by atoms with Crippen LogP contribution in [0, 0.1) is 0 Å². The van der Waals surface area contributed by atoms with Crippen molar-refractivity contribution in [1.82, 2.24) is 19.9 Å². The maximum atomic E-state index is 5.89. The van der Waals surface area contributed by atoms with E-state index in [0.29, 0.717) is 23.3 Å². The lowest BCUT2D eigenvalue weighted by Crippen LogP contribution is -2.45. The Labute approximate surface area is 145 Å². The number of aromatic nitrogens is 2. The highest BCUT2D eigenvalue weighted by Crippen LogP contribution is 2.19. The molecule has 1 fully saturated rings. The zero-order chi connectivity index (χ0) is 16.1. The van der Waals surface area contributed by atoms with Gasteiger partial charge in [-0.05, 0) is 24.3 Å². The molecule has 0 bridgehead atoms. The van der Waals surface area contributed by atoms with Crippen molar-refractivity contribution in [2.24, 2.45) is 0 Å². The van der Waals surface area contributed by atoms with Crippen LogP contribution in [0.5, 0.6) is 0 Å². The Morgan fingerprint density at radius 2 is 1.78 bits per heavy atom. The van der Waals surface area contributed by atoms with Gasteiger partial charge in [-0.25, -0.2) is 0 Å². The summed E-state index contributed by atoms with van der Waals surface area (Å²) in [7, 11) is 0. The van der Waals surface area contributed by atoms with Crippen LogP contribution in [0.1, 0.15) is 5.89 Å². The number of halogens is 2. The normalized spacial score (nSPS) is 17.1. The average Bonchev–Trinajstić information content (AvgIpc) is 3.03. The minimum Gasteiger partial charge on any atom is -0.338 e. The maximum absolute atomic E-state index is 5.89. The van der Waals surface area contributed by atoms with E-state index >= 15 is 0 Å². The Morgan fingerprint density at radius 3 is 2.48 bits per heavy atom. The minimum atomic E-state index is 0.600. The van der Waals surface area contributed by atoms with Crippen molar-refractivity contribution < 1.29 is 4.52 Å². The molecule has 0 spiro atoms. The van der Waals surface area contributed by atoms with E-state index in [4.69, 9.17) is 27.7 Å². The van der Waals surface area contributed by atoms with E-state index in [1.807, 2.05) is 30.3 Å². The Kier molecular flexibility index (Phi) is 5.67. The van der Waals surface area contributed by atoms with Crippen LogP contribution in [0.15, 0.2) is 40.4 Å². The van der Waals surface area contributed by atoms with Crippen LogP contribution in [-0.4, -0.2) is 52.7 Å². The van der Waals surface area contributed by atoms with Crippen molar-refractivity contribution >= 4 is 23.2 Å². The first-order chi connectivity index (χ1) is 11.2. The third-order valence-electron chi connectivity index (χ3n) is 3.85. The summed E-state index contributed by atoms with van der Waals surface area (Å²) in [4.78, 5) is 9.15. The summed E-state index contributed by atoms with van der Waals surface area (Å²) in [5.41, 5.74) is 2.48. The van der Waals surface area contributed by atoms with Crippen molar-refractivity contribution in [3.63, 3.8) is 0 Å². The largest absolute Gasteiger partial charge is 0.338 e. The van der Waals surface area contributed by atoms with Gasteiger partial charge in [-0.3, -0.25) is 9.80 Å². The molecule has 0 N–H and O–H groups in total. The molecule has 1 aromatic heterocycles. The van der Waals surface area contributed by atoms with Crippen LogP contribution >= 0.6 is 23.2 Å². The molecule has 0 radical (unpaired) electrons. The molecule has 122 valence electrons. The summed E-state index contributed by atoms with van der Waals surface area (Å²) >= 11 is 11.5. The molecular weight excluding hydrogens is 335 g/mol. The van der Waals surface area contributed by atoms with Gasteiger partial charge < -0.3 is 4.52 Å². The van der Waals surface area contributed by atoms with E-state index in [0.717, 1.165) is 38.3 Å². The van der Waals surface area contributed by atoms with E-state index in [1.54, 1.807) is 5.54 Å². The van der Waals surface area contributed by atoms with E-state index < -0.39 is 0 Å². The Bertz CT molecular complexity index is 648. The first-order valence-corrected chi connectivity index (χ1v) is 8.34. The predicted octanol–water partition coefficient (Wildman–Crippen LogP) is 3.26. The zero-order valence-electron chi connectivity index (χ0n) is 12.7. The molecule has 0 atom stereocenters. The highest BCUT2D eigenvalue weighted by Gasteiger charge is 2.18. The number of nitrogens with zero attached hydrogens (tertiary/aromatic N) is 4. The van der Waals surface area contributed by atoms with Crippen LogP contribution in [-0.2, 0) is 6.54 Å². The van der Waals surface area contributed by atoms with Crippen LogP contribution in [0.2, 0.25) is 5.02 Å². The molecule has 5 nitrogen and oxygen atoms in total. The number of hydrogen-bond acceptors (Lipinski definition) is 5. The van der Waals surface area contributed by atoms with Gasteiger partial charge in [0.05, 0.1) is 6.54 Å². The number of hydrogen-bond donors (Lipinski definition) is 0. The van der Waals surface area contributed by atoms with Gasteiger partial charge in [0.2, 0.25) is 11.7 Å². The van der Waals surface area contributed by atoms with E-state index in [-0.39, 0.29) is 0 Å². The molecule has 0 saturated carbocycles. The quantitative estimate of drug-likeness (QED) is 0.826. The summed E-state index contributed by atoms with van der Waals surface area (Å²) in [5.74, 6) is 1.24. The predicted molar refractivity (Wildman–Crippen MR) is 91.5 cm³/mol. The monoisotopic (exact) mass is 352 g/mol. The van der Waals surface area contributed by atoms with Gasteiger partial charge in [0.25, 0.3) is 0 Å². The molecular formula is C16H18Cl2N4O. The molecule has 3 rings (SSSR count). The van der Waals surface area contributed by atoms with Crippen molar-refractivity contribution in [2.75, 3.05) is 32.7 Å². The Morgan fingerprint density at radius 1 is 1.09 bits per heavy atom. The van der Waals surface area contributed by atoms with Gasteiger partial charge >= 0.3 is 0 Å². The fourth-order valence-electron chi connectivity index (χ4n) is 2.55. The highest BCUT2D eigenvalue weighted by atomic mass is 35.5. The van der Waals surface area contributed by atoms with Gasteiger partial charge in [0, 0.05) is 48.8 Å². The molecule has 23 heavy (non-hydrogen) atoms. The van der Waals surface area contributed by atoms with Gasteiger partial charge in [-0.15, -0.1) is 0 Å². The number of benzene rings is 1. The molecule has 1 saturated heterocycles. The SMILES string of the molecule is Cl/C=C/CN1CCN(Cc2nc(-c3ccc(Cl)cc3)no2)CC1. The third kappa shape index (κ3) is 4.54. The molecule has 1 aromatic carbocycles. The van der Waals surface area contributed by atoms with Crippen LogP contribution in [0.25, 0.3) is 11.4 Å². The summed E-state index contributed by atoms with van der Waals surface area (Å²) < 4.78 is 5.37. The highest BCUT2D eigenvalue weighted by molar-refractivity contribution is 6.30. The summed E-state index contributed by atoms with van der Waals surface area (Å²) in [6, 6.07) is 7.42. The number of piperazine rings is 1. The lowest BCUT2D eigenvalue weighted by atomic mass is 10.2. The van der Waals surface area contributed by atoms with E-state index in [2.05, 4.69) is 19.9 Å². The van der Waals surface area contributed by atoms with Crippen molar-refractivity contribution in [2.45, 2.75) is 6.54 Å². The van der Waals surface area contributed by atoms with Crippen molar-refractivity contribution in [1.29, 1.82) is 0 Å². The molecule has 1 aliphatic heterocycles. The maximum Gasteiger partial charge on any atom is 0.241 e. The smallest absolute Gasteiger partial charge is 0.241 e. The second kappa shape index (κ2) is 7.93. The molecule has 0 amide bonds. The van der Waals surface area contributed by atoms with Crippen LogP contribution < -0.4 is 0 Å². The fraction of sp³-hybridized carbons (Fsp3) is 0.375. The van der Waals surface area contributed by atoms with E-state index in [1.165, 1.54) is 0 Å². The van der Waals surface area contributed by atoms with Gasteiger partial charge in [0.15, 0.2) is 0 Å². The van der Waals surface area contributed by atoms with Gasteiger partial charge in [-0.2, -0.15) is 4.98 Å². The third-order valence-corrected chi connectivity index (χ3v) is 4.28. The van der Waals surface area contributed by atoms with Crippen LogP contribution in [0.3, 0.4) is 0 Å². The summed E-state index contributed by atoms with van der Waals surface area (Å²) in [6.45, 7) is 5.57. The second-order valence-electron chi connectivity index (χ2n) is 5.46. The van der Waals surface area contributed by atoms with Crippen LogP contribution in [0.4, 0.5) is 0 Å². The van der Waals surface area contributed by atoms with Crippen molar-refractivity contribution in [3.05, 3.63) is 46.8 Å². The molecule has 2 aromatic rings. The zero-order valence-corrected chi connectivity index (χ0v) is 14.2. The molecule has 7 heteroatoms. The summed E-state index contributed by atoms with van der Waals surface area (Å²) in [6.07, 6.45) is 1.97. The van der Waals surface area contributed by atoms with Gasteiger partial charge in [-0.1, -0.05) is 34.4 Å². The first-order valence-electron chi connectivity index (χ1n) is 7.53. The lowest BCUT2D eigenvalue weighted by molar-refractivity contribution is 0.125. The topological polar surface area (TPSA) is 45.4 Å². The summed E-state index contributed by atoms with van der Waals surface area (Å²) in [5, 5.41) is 4.74. The van der Waals surface area contributed by atoms with E-state index in [9.17, 15) is 0 Å². The molecule has 0 unspecified atom stereocenters. The number of rotatable bonds is 5. The van der Waals surface area contributed by atoms with Gasteiger partial charge in [0.1, 0.15) is 0 Å². The molecule has 1 aliphatic rings. The second-order valence-corrected chi connectivity index (χ2v) is 6.15. The standard InChI is InChI=1S/C16H18Cl2N4O/c17-6-1-7-21-8-10-22(11-9-21)12-15-19-16(20-23-15)13-2-4-14(18)5-3-13/h1-6H,7-12H2/b6-1+. The average molecular weight is 353 g/mol. The lowest BCUT2D eigenvalue weighted by Gasteiger charge is -2.33. The minimum absolute atomic E-state index is 0.600.